The molecule has 0 aliphatic rings. The molecule has 5 atom stereocenters. The molecule has 1 aromatic carbocycles. The molecular weight excluding hydrogens is 488 g/mol. The van der Waals surface area contributed by atoms with Crippen LogP contribution in [0.4, 0.5) is 0 Å². The number of hydrogen-bond acceptors (Lipinski definition) is 7. The van der Waals surface area contributed by atoms with Gasteiger partial charge in [-0.2, -0.15) is 0 Å². The molecule has 0 aliphatic heterocycles. The Hall–Kier alpha value is -3.02. The van der Waals surface area contributed by atoms with Crippen LogP contribution in [0.25, 0.3) is 0 Å². The van der Waals surface area contributed by atoms with Crippen LogP contribution in [0.5, 0.6) is 0 Å². The lowest BCUT2D eigenvalue weighted by Gasteiger charge is -2.26. The van der Waals surface area contributed by atoms with E-state index in [1.54, 1.807) is 6.92 Å². The van der Waals surface area contributed by atoms with Gasteiger partial charge in [-0.05, 0) is 56.7 Å². The number of carboxylic acid groups (broad SMARTS) is 1. The van der Waals surface area contributed by atoms with E-state index in [4.69, 9.17) is 17.2 Å². The molecule has 214 valence electrons. The lowest BCUT2D eigenvalue weighted by Crippen LogP contribution is -2.58. The van der Waals surface area contributed by atoms with Crippen molar-refractivity contribution in [3.8, 4) is 0 Å². The summed E-state index contributed by atoms with van der Waals surface area (Å²) >= 11 is 0. The number of unbranched alkanes of at least 4 members (excludes halogenated alkanes) is 2. The van der Waals surface area contributed by atoms with Crippen molar-refractivity contribution < 1.29 is 24.3 Å². The first-order valence-electron chi connectivity index (χ1n) is 13.5. The minimum atomic E-state index is -1.14. The maximum absolute atomic E-state index is 13.4. The second kappa shape index (κ2) is 18.3. The van der Waals surface area contributed by atoms with Crippen LogP contribution in [0.15, 0.2) is 30.3 Å². The fraction of sp³-hybridized carbons (Fsp3) is 0.630. The molecule has 0 saturated carbocycles. The van der Waals surface area contributed by atoms with E-state index in [1.807, 2.05) is 37.3 Å². The number of carbonyl (C=O) groups excluding carboxylic acids is 3. The minimum Gasteiger partial charge on any atom is -0.480 e. The summed E-state index contributed by atoms with van der Waals surface area (Å²) in [6, 6.07) is 5.30. The summed E-state index contributed by atoms with van der Waals surface area (Å²) in [7, 11) is 0. The minimum absolute atomic E-state index is 0.190. The third-order valence-electron chi connectivity index (χ3n) is 6.58. The van der Waals surface area contributed by atoms with E-state index in [-0.39, 0.29) is 18.8 Å². The van der Waals surface area contributed by atoms with Gasteiger partial charge in [0.05, 0.1) is 6.04 Å². The van der Waals surface area contributed by atoms with Crippen LogP contribution in [0.1, 0.15) is 64.4 Å². The molecule has 0 radical (unpaired) electrons. The van der Waals surface area contributed by atoms with E-state index >= 15 is 0 Å². The molecule has 0 aromatic heterocycles. The molecule has 0 spiro atoms. The zero-order chi connectivity index (χ0) is 28.5. The van der Waals surface area contributed by atoms with Crippen molar-refractivity contribution in [2.24, 2.45) is 23.1 Å². The second-order valence-corrected chi connectivity index (χ2v) is 9.70. The van der Waals surface area contributed by atoms with Gasteiger partial charge in [-0.15, -0.1) is 0 Å². The molecule has 11 nitrogen and oxygen atoms in total. The Balaban J connectivity index is 3.08. The summed E-state index contributed by atoms with van der Waals surface area (Å²) in [6.45, 7) is 4.50. The highest BCUT2D eigenvalue weighted by Crippen LogP contribution is 2.11. The van der Waals surface area contributed by atoms with Gasteiger partial charge in [0.2, 0.25) is 17.7 Å². The van der Waals surface area contributed by atoms with Crippen LogP contribution in [-0.4, -0.2) is 66.1 Å². The predicted molar refractivity (Wildman–Crippen MR) is 147 cm³/mol. The summed E-state index contributed by atoms with van der Waals surface area (Å²) in [5.41, 5.74) is 18.0. The van der Waals surface area contributed by atoms with E-state index in [0.717, 1.165) is 12.0 Å². The van der Waals surface area contributed by atoms with Crippen molar-refractivity contribution in [1.82, 2.24) is 16.0 Å². The van der Waals surface area contributed by atoms with Gasteiger partial charge in [-0.1, -0.05) is 57.0 Å². The first-order valence-corrected chi connectivity index (χ1v) is 13.5. The number of aliphatic carboxylic acids is 1. The Morgan fingerprint density at radius 3 is 1.92 bits per heavy atom. The molecule has 0 heterocycles. The Labute approximate surface area is 225 Å². The van der Waals surface area contributed by atoms with Gasteiger partial charge >= 0.3 is 5.97 Å². The quantitative estimate of drug-likeness (QED) is 0.123. The van der Waals surface area contributed by atoms with Gasteiger partial charge in [0.25, 0.3) is 0 Å². The average molecular weight is 535 g/mol. The first kappa shape index (κ1) is 33.0. The van der Waals surface area contributed by atoms with E-state index in [1.165, 1.54) is 0 Å². The molecule has 0 bridgehead atoms. The highest BCUT2D eigenvalue weighted by atomic mass is 16.4. The monoisotopic (exact) mass is 534 g/mol. The number of nitrogens with two attached hydrogens (primary N) is 3. The SMILES string of the molecule is CCC(C)C(NC(=O)C(CCCCN)NC(=O)C(Cc1ccccc1)NC(=O)C(N)CCCCN)C(=O)O. The summed E-state index contributed by atoms with van der Waals surface area (Å²) in [5, 5.41) is 17.6. The van der Waals surface area contributed by atoms with E-state index in [0.29, 0.717) is 45.2 Å². The van der Waals surface area contributed by atoms with Crippen molar-refractivity contribution in [2.75, 3.05) is 13.1 Å². The molecule has 0 saturated heterocycles. The summed E-state index contributed by atoms with van der Waals surface area (Å²) in [6.07, 6.45) is 4.05. The van der Waals surface area contributed by atoms with Gasteiger partial charge in [-0.3, -0.25) is 14.4 Å². The zero-order valence-corrected chi connectivity index (χ0v) is 22.7. The largest absolute Gasteiger partial charge is 0.480 e. The zero-order valence-electron chi connectivity index (χ0n) is 22.7. The molecule has 1 rings (SSSR count). The number of amides is 3. The molecule has 38 heavy (non-hydrogen) atoms. The number of rotatable bonds is 19. The van der Waals surface area contributed by atoms with Crippen LogP contribution in [0.2, 0.25) is 0 Å². The fourth-order valence-electron chi connectivity index (χ4n) is 3.95. The maximum atomic E-state index is 13.4. The number of carboxylic acids is 1. The summed E-state index contributed by atoms with van der Waals surface area (Å²) in [5.74, 6) is -3.06. The molecule has 5 unspecified atom stereocenters. The Kier molecular flexibility index (Phi) is 15.9. The van der Waals surface area contributed by atoms with Crippen LogP contribution in [0, 0.1) is 5.92 Å². The molecule has 0 aliphatic carbocycles. The molecule has 3 amide bonds. The number of hydrogen-bond donors (Lipinski definition) is 7. The molecule has 11 heteroatoms. The fourth-order valence-corrected chi connectivity index (χ4v) is 3.95. The molecule has 0 fully saturated rings. The smallest absolute Gasteiger partial charge is 0.326 e. The lowest BCUT2D eigenvalue weighted by atomic mass is 9.98. The third kappa shape index (κ3) is 12.0. The van der Waals surface area contributed by atoms with Crippen molar-refractivity contribution in [3.63, 3.8) is 0 Å². The normalized spacial score (nSPS) is 15.0. The van der Waals surface area contributed by atoms with Crippen molar-refractivity contribution in [3.05, 3.63) is 35.9 Å². The van der Waals surface area contributed by atoms with Gasteiger partial charge in [0.1, 0.15) is 18.1 Å². The number of nitrogens with one attached hydrogen (secondary N) is 3. The highest BCUT2D eigenvalue weighted by molar-refractivity contribution is 5.94. The van der Waals surface area contributed by atoms with Crippen LogP contribution >= 0.6 is 0 Å². The Morgan fingerprint density at radius 1 is 0.816 bits per heavy atom. The lowest BCUT2D eigenvalue weighted by molar-refractivity contribution is -0.144. The van der Waals surface area contributed by atoms with E-state index in [9.17, 15) is 24.3 Å². The highest BCUT2D eigenvalue weighted by Gasteiger charge is 2.31. The first-order chi connectivity index (χ1) is 18.1. The van der Waals surface area contributed by atoms with Gasteiger partial charge in [-0.25, -0.2) is 4.79 Å². The molecule has 1 aromatic rings. The number of carbonyl (C=O) groups is 4. The van der Waals surface area contributed by atoms with E-state index in [2.05, 4.69) is 16.0 Å². The van der Waals surface area contributed by atoms with Crippen molar-refractivity contribution >= 4 is 23.7 Å². The van der Waals surface area contributed by atoms with Crippen LogP contribution in [-0.2, 0) is 25.6 Å². The van der Waals surface area contributed by atoms with Crippen LogP contribution < -0.4 is 33.2 Å². The summed E-state index contributed by atoms with van der Waals surface area (Å²) in [4.78, 5) is 51.1. The van der Waals surface area contributed by atoms with Crippen LogP contribution in [0.3, 0.4) is 0 Å². The van der Waals surface area contributed by atoms with Crippen molar-refractivity contribution in [1.29, 1.82) is 0 Å². The third-order valence-corrected chi connectivity index (χ3v) is 6.58. The topological polar surface area (TPSA) is 203 Å². The van der Waals surface area contributed by atoms with Gasteiger partial charge < -0.3 is 38.3 Å². The van der Waals surface area contributed by atoms with Crippen molar-refractivity contribution in [2.45, 2.75) is 89.4 Å². The van der Waals surface area contributed by atoms with Gasteiger partial charge in [0, 0.05) is 6.42 Å². The standard InChI is InChI=1S/C27H46N6O5/c1-3-18(2)23(27(37)38)33-25(35)21(14-8-10-16-29)31-26(36)22(17-19-11-5-4-6-12-19)32-24(34)20(30)13-7-9-15-28/h4-6,11-12,18,20-23H,3,7-10,13-17,28-30H2,1-2H3,(H,31,36)(H,32,34)(H,33,35)(H,37,38). The predicted octanol–water partition coefficient (Wildman–Crippen LogP) is 0.400. The molecular formula is C27H46N6O5. The Bertz CT molecular complexity index is 869. The second-order valence-electron chi connectivity index (χ2n) is 9.70. The maximum Gasteiger partial charge on any atom is 0.326 e. The van der Waals surface area contributed by atoms with E-state index < -0.39 is 47.9 Å². The number of benzene rings is 1. The van der Waals surface area contributed by atoms with Gasteiger partial charge in [0.15, 0.2) is 0 Å². The molecule has 10 N–H and O–H groups in total. The Morgan fingerprint density at radius 2 is 1.37 bits per heavy atom. The average Bonchev–Trinajstić information content (AvgIpc) is 2.90. The summed E-state index contributed by atoms with van der Waals surface area (Å²) < 4.78 is 0.